The van der Waals surface area contributed by atoms with Crippen LogP contribution in [0.5, 0.6) is 0 Å². The second-order valence-electron chi connectivity index (χ2n) is 4.30. The molecule has 0 heterocycles. The van der Waals surface area contributed by atoms with Crippen molar-refractivity contribution in [3.05, 3.63) is 12.2 Å². The van der Waals surface area contributed by atoms with Gasteiger partial charge in [0, 0.05) is 17.8 Å². The Morgan fingerprint density at radius 2 is 2.07 bits per heavy atom. The van der Waals surface area contributed by atoms with Gasteiger partial charge in [-0.1, -0.05) is 31.9 Å². The zero-order chi connectivity index (χ0) is 10.4. The van der Waals surface area contributed by atoms with Crippen molar-refractivity contribution < 1.29 is 0 Å². The van der Waals surface area contributed by atoms with Crippen LogP contribution in [0, 0.1) is 0 Å². The maximum absolute atomic E-state index is 4.02. The SMILES string of the molecule is C=C(CC)CNCC1(SC)CCCC1. The summed E-state index contributed by atoms with van der Waals surface area (Å²) in [6, 6.07) is 0. The first-order valence-corrected chi connectivity index (χ1v) is 6.87. The molecule has 0 aliphatic heterocycles. The lowest BCUT2D eigenvalue weighted by atomic mass is 10.1. The predicted octanol–water partition coefficient (Wildman–Crippen LogP) is 3.22. The molecule has 0 aromatic heterocycles. The summed E-state index contributed by atoms with van der Waals surface area (Å²) in [7, 11) is 0. The van der Waals surface area contributed by atoms with Crippen molar-refractivity contribution in [2.75, 3.05) is 19.3 Å². The minimum atomic E-state index is 0.536. The average Bonchev–Trinajstić information content (AvgIpc) is 2.67. The van der Waals surface area contributed by atoms with Gasteiger partial charge in [-0.05, 0) is 25.5 Å². The molecule has 0 saturated heterocycles. The molecule has 0 atom stereocenters. The van der Waals surface area contributed by atoms with E-state index in [1.165, 1.54) is 31.3 Å². The molecule has 2 heteroatoms. The summed E-state index contributed by atoms with van der Waals surface area (Å²) in [6.45, 7) is 8.35. The van der Waals surface area contributed by atoms with Crippen LogP contribution in [0.1, 0.15) is 39.0 Å². The molecule has 1 aliphatic carbocycles. The van der Waals surface area contributed by atoms with Gasteiger partial charge in [-0.25, -0.2) is 0 Å². The Hall–Kier alpha value is 0.0500. The Labute approximate surface area is 92.7 Å². The molecule has 1 N–H and O–H groups in total. The van der Waals surface area contributed by atoms with Gasteiger partial charge in [-0.3, -0.25) is 0 Å². The summed E-state index contributed by atoms with van der Waals surface area (Å²) in [5.41, 5.74) is 1.32. The van der Waals surface area contributed by atoms with Gasteiger partial charge in [0.1, 0.15) is 0 Å². The van der Waals surface area contributed by atoms with E-state index in [-0.39, 0.29) is 0 Å². The highest BCUT2D eigenvalue weighted by Crippen LogP contribution is 2.39. The van der Waals surface area contributed by atoms with Crippen molar-refractivity contribution in [1.82, 2.24) is 5.32 Å². The number of nitrogens with one attached hydrogen (secondary N) is 1. The van der Waals surface area contributed by atoms with E-state index in [1.807, 2.05) is 11.8 Å². The van der Waals surface area contributed by atoms with Crippen molar-refractivity contribution in [1.29, 1.82) is 0 Å². The van der Waals surface area contributed by atoms with Gasteiger partial charge in [-0.2, -0.15) is 11.8 Å². The fourth-order valence-electron chi connectivity index (χ4n) is 2.06. The van der Waals surface area contributed by atoms with Crippen molar-refractivity contribution in [2.24, 2.45) is 0 Å². The van der Waals surface area contributed by atoms with E-state index >= 15 is 0 Å². The molecule has 0 aromatic carbocycles. The van der Waals surface area contributed by atoms with Gasteiger partial charge in [0.15, 0.2) is 0 Å². The van der Waals surface area contributed by atoms with Crippen molar-refractivity contribution >= 4 is 11.8 Å². The van der Waals surface area contributed by atoms with E-state index in [2.05, 4.69) is 25.1 Å². The van der Waals surface area contributed by atoms with E-state index in [0.29, 0.717) is 4.75 Å². The first-order valence-electron chi connectivity index (χ1n) is 5.65. The van der Waals surface area contributed by atoms with Gasteiger partial charge < -0.3 is 5.32 Å². The Kier molecular flexibility index (Phi) is 5.04. The van der Waals surface area contributed by atoms with Crippen LogP contribution in [0.3, 0.4) is 0 Å². The standard InChI is InChI=1S/C12H23NS/c1-4-11(2)9-13-10-12(14-3)7-5-6-8-12/h13H,2,4-10H2,1,3H3. The maximum Gasteiger partial charge on any atom is 0.0281 e. The molecule has 0 bridgehead atoms. The van der Waals surface area contributed by atoms with E-state index in [4.69, 9.17) is 0 Å². The van der Waals surface area contributed by atoms with E-state index < -0.39 is 0 Å². The third-order valence-electron chi connectivity index (χ3n) is 3.27. The molecule has 0 radical (unpaired) electrons. The van der Waals surface area contributed by atoms with Crippen LogP contribution in [0.2, 0.25) is 0 Å². The Morgan fingerprint density at radius 1 is 1.43 bits per heavy atom. The van der Waals surface area contributed by atoms with Gasteiger partial charge in [0.05, 0.1) is 0 Å². The smallest absolute Gasteiger partial charge is 0.0281 e. The lowest BCUT2D eigenvalue weighted by Gasteiger charge is -2.27. The molecule has 0 spiro atoms. The van der Waals surface area contributed by atoms with E-state index in [1.54, 1.807) is 0 Å². The second-order valence-corrected chi connectivity index (χ2v) is 5.58. The summed E-state index contributed by atoms with van der Waals surface area (Å²) in [5, 5.41) is 3.55. The highest BCUT2D eigenvalue weighted by molar-refractivity contribution is 8.00. The molecule has 1 nitrogen and oxygen atoms in total. The maximum atomic E-state index is 4.02. The lowest BCUT2D eigenvalue weighted by molar-refractivity contribution is 0.547. The molecule has 1 rings (SSSR count). The van der Waals surface area contributed by atoms with Crippen LogP contribution < -0.4 is 5.32 Å². The summed E-state index contributed by atoms with van der Waals surface area (Å²) >= 11 is 2.05. The van der Waals surface area contributed by atoms with Crippen LogP contribution in [0.4, 0.5) is 0 Å². The zero-order valence-electron chi connectivity index (χ0n) is 9.57. The molecule has 0 amide bonds. The fraction of sp³-hybridized carbons (Fsp3) is 0.833. The molecular formula is C12H23NS. The molecular weight excluding hydrogens is 190 g/mol. The number of rotatable bonds is 6. The monoisotopic (exact) mass is 213 g/mol. The van der Waals surface area contributed by atoms with Crippen LogP contribution >= 0.6 is 11.8 Å². The summed E-state index contributed by atoms with van der Waals surface area (Å²) < 4.78 is 0.536. The molecule has 0 aromatic rings. The molecule has 14 heavy (non-hydrogen) atoms. The van der Waals surface area contributed by atoms with E-state index in [9.17, 15) is 0 Å². The first kappa shape index (κ1) is 12.1. The Bertz CT molecular complexity index is 183. The average molecular weight is 213 g/mol. The van der Waals surface area contributed by atoms with Crippen LogP contribution in [-0.2, 0) is 0 Å². The predicted molar refractivity (Wildman–Crippen MR) is 67.0 cm³/mol. The minimum absolute atomic E-state index is 0.536. The van der Waals surface area contributed by atoms with Gasteiger partial charge in [-0.15, -0.1) is 0 Å². The molecule has 0 unspecified atom stereocenters. The largest absolute Gasteiger partial charge is 0.312 e. The van der Waals surface area contributed by atoms with Crippen LogP contribution in [0.25, 0.3) is 0 Å². The topological polar surface area (TPSA) is 12.0 Å². The number of thioether (sulfide) groups is 1. The van der Waals surface area contributed by atoms with Crippen LogP contribution in [0.15, 0.2) is 12.2 Å². The summed E-state index contributed by atoms with van der Waals surface area (Å²) in [5.74, 6) is 0. The Morgan fingerprint density at radius 3 is 2.57 bits per heavy atom. The van der Waals surface area contributed by atoms with Gasteiger partial charge >= 0.3 is 0 Å². The summed E-state index contributed by atoms with van der Waals surface area (Å²) in [6.07, 6.45) is 8.95. The van der Waals surface area contributed by atoms with Crippen molar-refractivity contribution in [3.8, 4) is 0 Å². The number of hydrogen-bond donors (Lipinski definition) is 1. The molecule has 1 fully saturated rings. The minimum Gasteiger partial charge on any atom is -0.312 e. The third kappa shape index (κ3) is 3.32. The van der Waals surface area contributed by atoms with Gasteiger partial charge in [0.2, 0.25) is 0 Å². The van der Waals surface area contributed by atoms with Crippen LogP contribution in [-0.4, -0.2) is 24.1 Å². The zero-order valence-corrected chi connectivity index (χ0v) is 10.4. The molecule has 82 valence electrons. The second kappa shape index (κ2) is 5.82. The molecule has 1 aliphatic rings. The third-order valence-corrected chi connectivity index (χ3v) is 4.69. The fourth-order valence-corrected chi connectivity index (χ4v) is 3.01. The summed E-state index contributed by atoms with van der Waals surface area (Å²) in [4.78, 5) is 0. The number of hydrogen-bond acceptors (Lipinski definition) is 2. The first-order chi connectivity index (χ1) is 6.72. The highest BCUT2D eigenvalue weighted by atomic mass is 32.2. The lowest BCUT2D eigenvalue weighted by Crippen LogP contribution is -2.35. The quantitative estimate of drug-likeness (QED) is 0.680. The van der Waals surface area contributed by atoms with Crippen molar-refractivity contribution in [3.63, 3.8) is 0 Å². The molecule has 1 saturated carbocycles. The highest BCUT2D eigenvalue weighted by Gasteiger charge is 2.32. The van der Waals surface area contributed by atoms with E-state index in [0.717, 1.165) is 19.5 Å². The Balaban J connectivity index is 2.24. The van der Waals surface area contributed by atoms with Gasteiger partial charge in [0.25, 0.3) is 0 Å². The van der Waals surface area contributed by atoms with Crippen molar-refractivity contribution in [2.45, 2.75) is 43.8 Å². The normalized spacial score (nSPS) is 19.9.